The molecule has 1 rings (SSSR count). The van der Waals surface area contributed by atoms with Crippen molar-refractivity contribution in [1.82, 2.24) is 0 Å². The van der Waals surface area contributed by atoms with Gasteiger partial charge in [-0.3, -0.25) is 0 Å². The fraction of sp³-hybridized carbons (Fsp3) is 0.455. The molecule has 0 bridgehead atoms. The van der Waals surface area contributed by atoms with Crippen molar-refractivity contribution in [3.05, 3.63) is 35.1 Å². The molecule has 84 valence electrons. The minimum Gasteiger partial charge on any atom is -0.324 e. The first-order valence-corrected chi connectivity index (χ1v) is 4.87. The Kier molecular flexibility index (Phi) is 3.74. The highest BCUT2D eigenvalue weighted by atomic mass is 19.2. The van der Waals surface area contributed by atoms with E-state index in [1.807, 2.05) is 13.8 Å². The summed E-state index contributed by atoms with van der Waals surface area (Å²) in [7, 11) is 0. The maximum Gasteiger partial charge on any atom is 0.194 e. The van der Waals surface area contributed by atoms with Gasteiger partial charge < -0.3 is 5.73 Å². The third-order valence-electron chi connectivity index (χ3n) is 2.65. The molecule has 0 heterocycles. The van der Waals surface area contributed by atoms with Crippen LogP contribution in [-0.2, 0) is 0 Å². The first-order chi connectivity index (χ1) is 6.97. The van der Waals surface area contributed by atoms with Crippen LogP contribution in [0.2, 0.25) is 0 Å². The van der Waals surface area contributed by atoms with E-state index in [4.69, 9.17) is 5.73 Å². The maximum absolute atomic E-state index is 12.9. The summed E-state index contributed by atoms with van der Waals surface area (Å²) in [6, 6.07) is 1.43. The summed E-state index contributed by atoms with van der Waals surface area (Å²) in [6.45, 7) is 3.81. The van der Waals surface area contributed by atoms with Crippen molar-refractivity contribution in [2.24, 2.45) is 11.7 Å². The molecule has 2 N–H and O–H groups in total. The molecule has 4 heteroatoms. The van der Waals surface area contributed by atoms with Gasteiger partial charge in [0.1, 0.15) is 0 Å². The molecular formula is C11H14F3N. The number of hydrogen-bond donors (Lipinski definition) is 1. The van der Waals surface area contributed by atoms with E-state index in [0.29, 0.717) is 5.56 Å². The van der Waals surface area contributed by atoms with Gasteiger partial charge in [0, 0.05) is 6.04 Å². The predicted octanol–water partition coefficient (Wildman–Crippen LogP) is 3.15. The fourth-order valence-electron chi connectivity index (χ4n) is 1.35. The van der Waals surface area contributed by atoms with Gasteiger partial charge in [0.05, 0.1) is 0 Å². The number of rotatable bonds is 3. The van der Waals surface area contributed by atoms with Gasteiger partial charge in [-0.15, -0.1) is 0 Å². The lowest BCUT2D eigenvalue weighted by molar-refractivity contribution is 0.426. The van der Waals surface area contributed by atoms with Crippen molar-refractivity contribution < 1.29 is 13.2 Å². The first-order valence-electron chi connectivity index (χ1n) is 4.87. The summed E-state index contributed by atoms with van der Waals surface area (Å²) >= 11 is 0. The highest BCUT2D eigenvalue weighted by Crippen LogP contribution is 2.24. The van der Waals surface area contributed by atoms with Crippen molar-refractivity contribution in [1.29, 1.82) is 0 Å². The van der Waals surface area contributed by atoms with Crippen LogP contribution in [0.3, 0.4) is 0 Å². The number of halogens is 3. The van der Waals surface area contributed by atoms with Gasteiger partial charge in [-0.25, -0.2) is 13.2 Å². The van der Waals surface area contributed by atoms with E-state index < -0.39 is 23.5 Å². The van der Waals surface area contributed by atoms with Crippen molar-refractivity contribution >= 4 is 0 Å². The molecule has 1 aromatic carbocycles. The molecule has 1 nitrogen and oxygen atoms in total. The summed E-state index contributed by atoms with van der Waals surface area (Å²) in [4.78, 5) is 0. The molecule has 0 aliphatic carbocycles. The third-order valence-corrected chi connectivity index (χ3v) is 2.65. The minimum atomic E-state index is -1.45. The van der Waals surface area contributed by atoms with Gasteiger partial charge in [-0.2, -0.15) is 0 Å². The van der Waals surface area contributed by atoms with Gasteiger partial charge in [-0.1, -0.05) is 20.3 Å². The minimum absolute atomic E-state index is 0.0919. The van der Waals surface area contributed by atoms with Gasteiger partial charge in [-0.05, 0) is 23.6 Å². The highest BCUT2D eigenvalue weighted by Gasteiger charge is 2.18. The zero-order chi connectivity index (χ0) is 11.6. The van der Waals surface area contributed by atoms with Crippen molar-refractivity contribution in [3.8, 4) is 0 Å². The van der Waals surface area contributed by atoms with Crippen LogP contribution in [0.5, 0.6) is 0 Å². The molecule has 0 aliphatic heterocycles. The first kappa shape index (κ1) is 12.0. The lowest BCUT2D eigenvalue weighted by Gasteiger charge is -2.18. The van der Waals surface area contributed by atoms with E-state index >= 15 is 0 Å². The van der Waals surface area contributed by atoms with E-state index in [-0.39, 0.29) is 5.92 Å². The topological polar surface area (TPSA) is 26.0 Å². The Morgan fingerprint density at radius 2 is 1.67 bits per heavy atom. The summed E-state index contributed by atoms with van der Waals surface area (Å²) in [5.74, 6) is -3.74. The zero-order valence-corrected chi connectivity index (χ0v) is 8.73. The van der Waals surface area contributed by atoms with Gasteiger partial charge in [0.15, 0.2) is 17.5 Å². The maximum atomic E-state index is 12.9. The van der Waals surface area contributed by atoms with Crippen LogP contribution >= 0.6 is 0 Å². The Bertz CT molecular complexity index is 329. The molecule has 0 radical (unpaired) electrons. The molecule has 1 unspecified atom stereocenters. The summed E-state index contributed by atoms with van der Waals surface area (Å²) in [5.41, 5.74) is 6.07. The zero-order valence-electron chi connectivity index (χ0n) is 8.73. The molecule has 0 saturated carbocycles. The second-order valence-electron chi connectivity index (χ2n) is 3.71. The molecule has 0 aromatic heterocycles. The lowest BCUT2D eigenvalue weighted by Crippen LogP contribution is -2.19. The normalized spacial score (nSPS) is 15.1. The average Bonchev–Trinajstić information content (AvgIpc) is 2.23. The van der Waals surface area contributed by atoms with Crippen LogP contribution < -0.4 is 5.73 Å². The van der Waals surface area contributed by atoms with Crippen LogP contribution in [-0.4, -0.2) is 0 Å². The summed E-state index contributed by atoms with van der Waals surface area (Å²) in [5, 5.41) is 0. The SMILES string of the molecule is CCC(C)[C@H](N)c1cc(F)c(F)c(F)c1. The molecule has 0 fully saturated rings. The second-order valence-corrected chi connectivity index (χ2v) is 3.71. The number of benzene rings is 1. The molecule has 15 heavy (non-hydrogen) atoms. The predicted molar refractivity (Wildman–Crippen MR) is 52.7 cm³/mol. The standard InChI is InChI=1S/C11H14F3N/c1-3-6(2)11(15)7-4-8(12)10(14)9(13)5-7/h4-6,11H,3,15H2,1-2H3/t6?,11-/m0/s1. The Balaban J connectivity index is 3.06. The van der Waals surface area contributed by atoms with E-state index in [1.54, 1.807) is 0 Å². The van der Waals surface area contributed by atoms with E-state index in [2.05, 4.69) is 0 Å². The summed E-state index contributed by atoms with van der Waals surface area (Å²) in [6.07, 6.45) is 0.793. The third kappa shape index (κ3) is 2.50. The van der Waals surface area contributed by atoms with Crippen molar-refractivity contribution in [2.45, 2.75) is 26.3 Å². The Morgan fingerprint density at radius 3 is 2.07 bits per heavy atom. The molecular weight excluding hydrogens is 203 g/mol. The molecule has 0 spiro atoms. The molecule has 2 atom stereocenters. The van der Waals surface area contributed by atoms with Crippen molar-refractivity contribution in [3.63, 3.8) is 0 Å². The second kappa shape index (κ2) is 4.66. The Morgan fingerprint density at radius 1 is 1.20 bits per heavy atom. The van der Waals surface area contributed by atoms with Gasteiger partial charge in [0.2, 0.25) is 0 Å². The highest BCUT2D eigenvalue weighted by molar-refractivity contribution is 5.22. The lowest BCUT2D eigenvalue weighted by atomic mass is 9.93. The number of nitrogens with two attached hydrogens (primary N) is 1. The van der Waals surface area contributed by atoms with Crippen molar-refractivity contribution in [2.75, 3.05) is 0 Å². The monoisotopic (exact) mass is 217 g/mol. The molecule has 0 amide bonds. The number of hydrogen-bond acceptors (Lipinski definition) is 1. The van der Waals surface area contributed by atoms with Crippen LogP contribution in [0.1, 0.15) is 31.9 Å². The molecule has 1 aromatic rings. The van der Waals surface area contributed by atoms with E-state index in [1.165, 1.54) is 0 Å². The average molecular weight is 217 g/mol. The smallest absolute Gasteiger partial charge is 0.194 e. The van der Waals surface area contributed by atoms with Gasteiger partial charge in [0.25, 0.3) is 0 Å². The van der Waals surface area contributed by atoms with Crippen LogP contribution in [0.4, 0.5) is 13.2 Å². The van der Waals surface area contributed by atoms with E-state index in [0.717, 1.165) is 18.6 Å². The van der Waals surface area contributed by atoms with E-state index in [9.17, 15) is 13.2 Å². The quantitative estimate of drug-likeness (QED) is 0.773. The van der Waals surface area contributed by atoms with Crippen LogP contribution in [0.15, 0.2) is 12.1 Å². The largest absolute Gasteiger partial charge is 0.324 e. The summed E-state index contributed by atoms with van der Waals surface area (Å²) < 4.78 is 38.5. The van der Waals surface area contributed by atoms with Crippen LogP contribution in [0, 0.1) is 23.4 Å². The van der Waals surface area contributed by atoms with Gasteiger partial charge >= 0.3 is 0 Å². The Hall–Kier alpha value is -1.03. The fourth-order valence-corrected chi connectivity index (χ4v) is 1.35. The Labute approximate surface area is 87.1 Å². The molecule has 0 aliphatic rings. The molecule has 0 saturated heterocycles. The van der Waals surface area contributed by atoms with Crippen LogP contribution in [0.25, 0.3) is 0 Å².